The molecule has 1 aromatic carbocycles. The van der Waals surface area contributed by atoms with Crippen LogP contribution in [0.25, 0.3) is 16.7 Å². The van der Waals surface area contributed by atoms with Crippen LogP contribution in [-0.2, 0) is 0 Å². The molecular weight excluding hydrogens is 166 g/mol. The number of aliphatic hydroxyl groups excluding tert-OH is 1. The van der Waals surface area contributed by atoms with Crippen molar-refractivity contribution in [2.24, 2.45) is 0 Å². The van der Waals surface area contributed by atoms with Gasteiger partial charge in [-0.2, -0.15) is 4.80 Å². The van der Waals surface area contributed by atoms with Gasteiger partial charge in [0.15, 0.2) is 0 Å². The van der Waals surface area contributed by atoms with Crippen molar-refractivity contribution in [3.8, 4) is 0 Å². The molecule has 0 spiro atoms. The first-order chi connectivity index (χ1) is 6.31. The third-order valence-corrected chi connectivity index (χ3v) is 1.79. The van der Waals surface area contributed by atoms with Crippen molar-refractivity contribution in [3.63, 3.8) is 0 Å². The van der Waals surface area contributed by atoms with E-state index in [1.54, 1.807) is 6.92 Å². The maximum Gasteiger partial charge on any atom is 0.113 e. The molecule has 4 nitrogen and oxygen atoms in total. The van der Waals surface area contributed by atoms with E-state index in [1.165, 1.54) is 4.80 Å². The van der Waals surface area contributed by atoms with Crippen LogP contribution in [0.5, 0.6) is 0 Å². The van der Waals surface area contributed by atoms with Crippen molar-refractivity contribution in [1.82, 2.24) is 15.0 Å². The van der Waals surface area contributed by atoms with Crippen LogP contribution in [0.3, 0.4) is 0 Å². The maximum absolute atomic E-state index is 8.75. The summed E-state index contributed by atoms with van der Waals surface area (Å²) in [5.41, 5.74) is 2.24. The lowest BCUT2D eigenvalue weighted by molar-refractivity contribution is 0.469. The highest BCUT2D eigenvalue weighted by atomic mass is 16.2. The lowest BCUT2D eigenvalue weighted by Crippen LogP contribution is -1.97. The minimum atomic E-state index is 0.594. The molecule has 0 amide bonds. The van der Waals surface area contributed by atoms with Crippen LogP contribution >= 0.6 is 0 Å². The number of benzene rings is 1. The van der Waals surface area contributed by atoms with Crippen molar-refractivity contribution in [3.05, 3.63) is 30.5 Å². The fourth-order valence-electron chi connectivity index (χ4n) is 1.07. The Morgan fingerprint density at radius 1 is 1.31 bits per heavy atom. The van der Waals surface area contributed by atoms with Gasteiger partial charge in [0.25, 0.3) is 0 Å². The number of hydrogen-bond acceptors (Lipinski definition) is 3. The monoisotopic (exact) mass is 175 g/mol. The number of allylic oxidation sites excluding steroid dienone is 1. The topological polar surface area (TPSA) is 50.9 Å². The Labute approximate surface area is 75.1 Å². The SMILES string of the molecule is C/C(=C/O)n1nc2ccccc2n1. The largest absolute Gasteiger partial charge is 0.514 e. The summed E-state index contributed by atoms with van der Waals surface area (Å²) in [6, 6.07) is 7.56. The van der Waals surface area contributed by atoms with E-state index in [0.717, 1.165) is 17.3 Å². The minimum absolute atomic E-state index is 0.594. The van der Waals surface area contributed by atoms with E-state index >= 15 is 0 Å². The zero-order valence-corrected chi connectivity index (χ0v) is 7.18. The molecule has 0 saturated carbocycles. The number of hydrogen-bond donors (Lipinski definition) is 1. The van der Waals surface area contributed by atoms with Gasteiger partial charge in [-0.1, -0.05) is 12.1 Å². The molecule has 66 valence electrons. The van der Waals surface area contributed by atoms with Gasteiger partial charge in [0.1, 0.15) is 17.3 Å². The lowest BCUT2D eigenvalue weighted by atomic mass is 10.3. The lowest BCUT2D eigenvalue weighted by Gasteiger charge is -1.93. The molecule has 1 N–H and O–H groups in total. The van der Waals surface area contributed by atoms with E-state index in [2.05, 4.69) is 10.2 Å². The highest BCUT2D eigenvalue weighted by Gasteiger charge is 2.01. The molecule has 0 aliphatic heterocycles. The Morgan fingerprint density at radius 2 is 1.85 bits per heavy atom. The van der Waals surface area contributed by atoms with Gasteiger partial charge >= 0.3 is 0 Å². The normalized spacial score (nSPS) is 12.2. The minimum Gasteiger partial charge on any atom is -0.514 e. The first-order valence-electron chi connectivity index (χ1n) is 3.95. The van der Waals surface area contributed by atoms with Crippen LogP contribution in [0, 0.1) is 0 Å². The van der Waals surface area contributed by atoms with Crippen LogP contribution in [0.1, 0.15) is 6.92 Å². The molecule has 0 saturated heterocycles. The van der Waals surface area contributed by atoms with Gasteiger partial charge in [0, 0.05) is 0 Å². The van der Waals surface area contributed by atoms with Gasteiger partial charge in [0.05, 0.1) is 5.70 Å². The van der Waals surface area contributed by atoms with Gasteiger partial charge < -0.3 is 5.11 Å². The first-order valence-corrected chi connectivity index (χ1v) is 3.95. The molecule has 0 aliphatic carbocycles. The van der Waals surface area contributed by atoms with Gasteiger partial charge in [-0.05, 0) is 19.1 Å². The van der Waals surface area contributed by atoms with Crippen molar-refractivity contribution < 1.29 is 5.11 Å². The predicted octanol–water partition coefficient (Wildman–Crippen LogP) is 1.81. The van der Waals surface area contributed by atoms with Crippen LogP contribution in [-0.4, -0.2) is 20.1 Å². The number of aliphatic hydroxyl groups is 1. The van der Waals surface area contributed by atoms with E-state index in [9.17, 15) is 0 Å². The van der Waals surface area contributed by atoms with Gasteiger partial charge in [-0.3, -0.25) is 0 Å². The summed E-state index contributed by atoms with van der Waals surface area (Å²) in [6.45, 7) is 1.74. The zero-order valence-electron chi connectivity index (χ0n) is 7.18. The first kappa shape index (κ1) is 7.79. The second-order valence-corrected chi connectivity index (χ2v) is 2.75. The molecule has 0 radical (unpaired) electrons. The molecule has 0 aliphatic rings. The molecule has 13 heavy (non-hydrogen) atoms. The predicted molar refractivity (Wildman–Crippen MR) is 50.1 cm³/mol. The van der Waals surface area contributed by atoms with Gasteiger partial charge in [0.2, 0.25) is 0 Å². The quantitative estimate of drug-likeness (QED) is 0.672. The fourth-order valence-corrected chi connectivity index (χ4v) is 1.07. The average molecular weight is 175 g/mol. The Morgan fingerprint density at radius 3 is 2.31 bits per heavy atom. The van der Waals surface area contributed by atoms with E-state index in [0.29, 0.717) is 5.70 Å². The summed E-state index contributed by atoms with van der Waals surface area (Å²) in [5, 5.41) is 17.1. The van der Waals surface area contributed by atoms with Crippen LogP contribution in [0.15, 0.2) is 30.5 Å². The zero-order chi connectivity index (χ0) is 9.26. The molecule has 2 rings (SSSR count). The summed E-state index contributed by atoms with van der Waals surface area (Å²) in [6.07, 6.45) is 0.985. The Hall–Kier alpha value is -1.84. The Kier molecular flexibility index (Phi) is 1.73. The molecule has 0 bridgehead atoms. The average Bonchev–Trinajstić information content (AvgIpc) is 2.59. The summed E-state index contributed by atoms with van der Waals surface area (Å²) in [7, 11) is 0. The van der Waals surface area contributed by atoms with E-state index < -0.39 is 0 Å². The second kappa shape index (κ2) is 2.90. The van der Waals surface area contributed by atoms with Gasteiger partial charge in [-0.25, -0.2) is 0 Å². The third-order valence-electron chi connectivity index (χ3n) is 1.79. The summed E-state index contributed by atoms with van der Waals surface area (Å²) in [4.78, 5) is 1.41. The number of nitrogens with zero attached hydrogens (tertiary/aromatic N) is 3. The summed E-state index contributed by atoms with van der Waals surface area (Å²) >= 11 is 0. The van der Waals surface area contributed by atoms with Crippen molar-refractivity contribution in [2.45, 2.75) is 6.92 Å². The van der Waals surface area contributed by atoms with E-state index in [4.69, 9.17) is 5.11 Å². The standard InChI is InChI=1S/C9H9N3O/c1-7(6-13)12-10-8-4-2-3-5-9(8)11-12/h2-6,13H,1H3/b7-6-. The number of aromatic nitrogens is 3. The second-order valence-electron chi connectivity index (χ2n) is 2.75. The molecule has 2 aromatic rings. The maximum atomic E-state index is 8.75. The smallest absolute Gasteiger partial charge is 0.113 e. The molecule has 0 atom stereocenters. The molecule has 0 unspecified atom stereocenters. The van der Waals surface area contributed by atoms with Crippen molar-refractivity contribution in [2.75, 3.05) is 0 Å². The van der Waals surface area contributed by atoms with Crippen molar-refractivity contribution in [1.29, 1.82) is 0 Å². The Balaban J connectivity index is 2.62. The number of rotatable bonds is 1. The van der Waals surface area contributed by atoms with Crippen LogP contribution in [0.2, 0.25) is 0 Å². The Bertz CT molecular complexity index is 426. The molecule has 1 heterocycles. The highest BCUT2D eigenvalue weighted by Crippen LogP contribution is 2.09. The molecular formula is C9H9N3O. The van der Waals surface area contributed by atoms with E-state index in [1.807, 2.05) is 24.3 Å². The summed E-state index contributed by atoms with van der Waals surface area (Å²) < 4.78 is 0. The van der Waals surface area contributed by atoms with Crippen LogP contribution < -0.4 is 0 Å². The highest BCUT2D eigenvalue weighted by molar-refractivity contribution is 5.73. The molecule has 0 fully saturated rings. The summed E-state index contributed by atoms with van der Waals surface area (Å²) in [5.74, 6) is 0. The third kappa shape index (κ3) is 1.26. The van der Waals surface area contributed by atoms with E-state index in [-0.39, 0.29) is 0 Å². The van der Waals surface area contributed by atoms with Crippen LogP contribution in [0.4, 0.5) is 0 Å². The number of fused-ring (bicyclic) bond motifs is 1. The molecule has 4 heteroatoms. The van der Waals surface area contributed by atoms with Crippen molar-refractivity contribution >= 4 is 16.7 Å². The fraction of sp³-hybridized carbons (Fsp3) is 0.111. The van der Waals surface area contributed by atoms with Gasteiger partial charge in [-0.15, -0.1) is 10.2 Å². The molecule has 1 aromatic heterocycles.